The van der Waals surface area contributed by atoms with Gasteiger partial charge in [-0.15, -0.1) is 0 Å². The highest BCUT2D eigenvalue weighted by Gasteiger charge is 2.18. The van der Waals surface area contributed by atoms with Gasteiger partial charge in [0.15, 0.2) is 0 Å². The maximum Gasteiger partial charge on any atom is 0.123 e. The molecule has 0 spiro atoms. The van der Waals surface area contributed by atoms with Crippen molar-refractivity contribution in [2.45, 2.75) is 32.4 Å². The van der Waals surface area contributed by atoms with Gasteiger partial charge in [0.1, 0.15) is 11.9 Å². The predicted octanol–water partition coefficient (Wildman–Crippen LogP) is 2.14. The molecule has 0 amide bonds. The van der Waals surface area contributed by atoms with Crippen LogP contribution in [0.15, 0.2) is 18.2 Å². The Hall–Kier alpha value is -1.06. The molecule has 1 aromatic rings. The average Bonchev–Trinajstić information content (AvgIpc) is 2.68. The summed E-state index contributed by atoms with van der Waals surface area (Å²) in [6, 6.07) is 6.48. The molecule has 0 saturated heterocycles. The molecule has 1 N–H and O–H groups in total. The molecule has 0 aromatic heterocycles. The summed E-state index contributed by atoms with van der Waals surface area (Å²) in [6.45, 7) is 4.86. The van der Waals surface area contributed by atoms with Crippen LogP contribution >= 0.6 is 0 Å². The number of hydrogen-bond acceptors (Lipinski definition) is 3. The molecule has 1 heterocycles. The second-order valence-electron chi connectivity index (χ2n) is 4.60. The van der Waals surface area contributed by atoms with Gasteiger partial charge in [-0.1, -0.05) is 12.1 Å². The van der Waals surface area contributed by atoms with E-state index in [0.717, 1.165) is 38.3 Å². The molecule has 3 nitrogen and oxygen atoms in total. The van der Waals surface area contributed by atoms with E-state index in [4.69, 9.17) is 9.47 Å². The van der Waals surface area contributed by atoms with E-state index in [1.807, 2.05) is 0 Å². The molecule has 3 heteroatoms. The number of fused-ring (bicyclic) bond motifs is 1. The van der Waals surface area contributed by atoms with Gasteiger partial charge in [-0.05, 0) is 37.1 Å². The maximum atomic E-state index is 5.68. The van der Waals surface area contributed by atoms with E-state index in [2.05, 4.69) is 30.4 Å². The van der Waals surface area contributed by atoms with Crippen LogP contribution in [0.5, 0.6) is 5.75 Å². The highest BCUT2D eigenvalue weighted by Crippen LogP contribution is 2.29. The van der Waals surface area contributed by atoms with E-state index < -0.39 is 0 Å². The zero-order chi connectivity index (χ0) is 12.1. The number of rotatable bonds is 6. The standard InChI is InChI=1S/C14H21NO2/c1-11-8-13-9-12(4-5-14(13)17-11)10-15-6-3-7-16-2/h4-5,9,11,15H,3,6-8,10H2,1-2H3/t11-/m1/s1. The Balaban J connectivity index is 1.80. The zero-order valence-corrected chi connectivity index (χ0v) is 10.7. The van der Waals surface area contributed by atoms with Crippen LogP contribution < -0.4 is 10.1 Å². The smallest absolute Gasteiger partial charge is 0.123 e. The summed E-state index contributed by atoms with van der Waals surface area (Å²) in [5, 5.41) is 3.42. The highest BCUT2D eigenvalue weighted by molar-refractivity contribution is 5.40. The molecular formula is C14H21NO2. The minimum atomic E-state index is 0.329. The Labute approximate surface area is 103 Å². The molecule has 2 rings (SSSR count). The van der Waals surface area contributed by atoms with Crippen LogP contribution in [0.3, 0.4) is 0 Å². The molecule has 0 fully saturated rings. The number of nitrogens with one attached hydrogen (secondary N) is 1. The first-order valence-corrected chi connectivity index (χ1v) is 6.27. The molecule has 1 aromatic carbocycles. The molecule has 0 bridgehead atoms. The van der Waals surface area contributed by atoms with E-state index in [1.54, 1.807) is 7.11 Å². The summed E-state index contributed by atoms with van der Waals surface area (Å²) in [4.78, 5) is 0. The highest BCUT2D eigenvalue weighted by atomic mass is 16.5. The fourth-order valence-electron chi connectivity index (χ4n) is 2.16. The lowest BCUT2D eigenvalue weighted by molar-refractivity contribution is 0.194. The molecule has 1 aliphatic rings. The minimum absolute atomic E-state index is 0.329. The van der Waals surface area contributed by atoms with E-state index in [9.17, 15) is 0 Å². The second kappa shape index (κ2) is 6.03. The van der Waals surface area contributed by atoms with Gasteiger partial charge >= 0.3 is 0 Å². The normalized spacial score (nSPS) is 17.9. The fourth-order valence-corrected chi connectivity index (χ4v) is 2.16. The molecule has 0 unspecified atom stereocenters. The van der Waals surface area contributed by atoms with Gasteiger partial charge < -0.3 is 14.8 Å². The van der Waals surface area contributed by atoms with Gasteiger partial charge in [-0.2, -0.15) is 0 Å². The van der Waals surface area contributed by atoms with E-state index in [-0.39, 0.29) is 0 Å². The van der Waals surface area contributed by atoms with Crippen LogP contribution in [0.1, 0.15) is 24.5 Å². The fraction of sp³-hybridized carbons (Fsp3) is 0.571. The van der Waals surface area contributed by atoms with Crippen molar-refractivity contribution in [1.82, 2.24) is 5.32 Å². The Morgan fingerprint density at radius 2 is 2.35 bits per heavy atom. The van der Waals surface area contributed by atoms with Crippen molar-refractivity contribution < 1.29 is 9.47 Å². The minimum Gasteiger partial charge on any atom is -0.490 e. The van der Waals surface area contributed by atoms with Gasteiger partial charge in [0.2, 0.25) is 0 Å². The number of hydrogen-bond donors (Lipinski definition) is 1. The first-order valence-electron chi connectivity index (χ1n) is 6.27. The zero-order valence-electron chi connectivity index (χ0n) is 10.7. The monoisotopic (exact) mass is 235 g/mol. The summed E-state index contributed by atoms with van der Waals surface area (Å²) < 4.78 is 10.7. The third-order valence-electron chi connectivity index (χ3n) is 2.99. The molecule has 0 saturated carbocycles. The van der Waals surface area contributed by atoms with Crippen molar-refractivity contribution >= 4 is 0 Å². The number of methoxy groups -OCH3 is 1. The molecule has 1 aliphatic heterocycles. The van der Waals surface area contributed by atoms with Crippen molar-refractivity contribution in [1.29, 1.82) is 0 Å². The van der Waals surface area contributed by atoms with Crippen LogP contribution in [0, 0.1) is 0 Å². The average molecular weight is 235 g/mol. The van der Waals surface area contributed by atoms with E-state index in [0.29, 0.717) is 6.10 Å². The summed E-state index contributed by atoms with van der Waals surface area (Å²) in [6.07, 6.45) is 2.42. The maximum absolute atomic E-state index is 5.68. The predicted molar refractivity (Wildman–Crippen MR) is 68.4 cm³/mol. The Morgan fingerprint density at radius 1 is 1.47 bits per heavy atom. The van der Waals surface area contributed by atoms with Crippen LogP contribution in [-0.2, 0) is 17.7 Å². The van der Waals surface area contributed by atoms with Gasteiger partial charge in [-0.25, -0.2) is 0 Å². The van der Waals surface area contributed by atoms with Gasteiger partial charge in [0.05, 0.1) is 0 Å². The lowest BCUT2D eigenvalue weighted by Crippen LogP contribution is -2.16. The third kappa shape index (κ3) is 3.45. The molecule has 0 aliphatic carbocycles. The molecule has 17 heavy (non-hydrogen) atoms. The van der Waals surface area contributed by atoms with Crippen LogP contribution in [0.4, 0.5) is 0 Å². The number of ether oxygens (including phenoxy) is 2. The largest absolute Gasteiger partial charge is 0.490 e. The second-order valence-corrected chi connectivity index (χ2v) is 4.60. The molecule has 1 atom stereocenters. The van der Waals surface area contributed by atoms with E-state index >= 15 is 0 Å². The quantitative estimate of drug-likeness (QED) is 0.766. The van der Waals surface area contributed by atoms with Crippen molar-refractivity contribution in [2.75, 3.05) is 20.3 Å². The first kappa shape index (κ1) is 12.4. The summed E-state index contributed by atoms with van der Waals surface area (Å²) in [5.41, 5.74) is 2.67. The number of benzene rings is 1. The Bertz CT molecular complexity index is 365. The van der Waals surface area contributed by atoms with Gasteiger partial charge in [0, 0.05) is 26.7 Å². The Morgan fingerprint density at radius 3 is 3.18 bits per heavy atom. The first-order chi connectivity index (χ1) is 8.29. The van der Waals surface area contributed by atoms with Gasteiger partial charge in [0.25, 0.3) is 0 Å². The lowest BCUT2D eigenvalue weighted by Gasteiger charge is -2.06. The van der Waals surface area contributed by atoms with Crippen molar-refractivity contribution in [2.24, 2.45) is 0 Å². The van der Waals surface area contributed by atoms with Crippen LogP contribution in [0.2, 0.25) is 0 Å². The molecule has 94 valence electrons. The van der Waals surface area contributed by atoms with Crippen molar-refractivity contribution in [3.63, 3.8) is 0 Å². The summed E-state index contributed by atoms with van der Waals surface area (Å²) in [7, 11) is 1.74. The van der Waals surface area contributed by atoms with E-state index in [1.165, 1.54) is 11.1 Å². The van der Waals surface area contributed by atoms with Gasteiger partial charge in [-0.3, -0.25) is 0 Å². The van der Waals surface area contributed by atoms with Crippen LogP contribution in [-0.4, -0.2) is 26.4 Å². The SMILES string of the molecule is COCCCNCc1ccc2c(c1)C[C@@H](C)O2. The third-order valence-corrected chi connectivity index (χ3v) is 2.99. The molecular weight excluding hydrogens is 214 g/mol. The molecule has 0 radical (unpaired) electrons. The topological polar surface area (TPSA) is 30.5 Å². The Kier molecular flexibility index (Phi) is 4.40. The summed E-state index contributed by atoms with van der Waals surface area (Å²) in [5.74, 6) is 1.06. The lowest BCUT2D eigenvalue weighted by atomic mass is 10.1. The van der Waals surface area contributed by atoms with Crippen LogP contribution in [0.25, 0.3) is 0 Å². The van der Waals surface area contributed by atoms with Crippen molar-refractivity contribution in [3.8, 4) is 5.75 Å². The summed E-state index contributed by atoms with van der Waals surface area (Å²) >= 11 is 0. The van der Waals surface area contributed by atoms with Crippen molar-refractivity contribution in [3.05, 3.63) is 29.3 Å².